The van der Waals surface area contributed by atoms with Crippen molar-refractivity contribution in [3.05, 3.63) is 34.9 Å². The average molecular weight is 355 g/mol. The molecule has 0 radical (unpaired) electrons. The number of piperidine rings is 1. The zero-order chi connectivity index (χ0) is 17.2. The molecule has 2 aliphatic rings. The molecule has 4 nitrogen and oxygen atoms in total. The molecule has 0 aliphatic carbocycles. The summed E-state index contributed by atoms with van der Waals surface area (Å²) in [5, 5.41) is 11.0. The second-order valence-electron chi connectivity index (χ2n) is 7.24. The zero-order valence-electron chi connectivity index (χ0n) is 14.4. The van der Waals surface area contributed by atoms with Crippen LogP contribution in [0.2, 0.25) is 5.02 Å². The Morgan fingerprint density at radius 1 is 1.12 bits per heavy atom. The van der Waals surface area contributed by atoms with Gasteiger partial charge < -0.3 is 9.80 Å². The number of rotatable bonds is 3. The average Bonchev–Trinajstić information content (AvgIpc) is 3.14. The molecule has 0 saturated carbocycles. The number of hydrogen-bond acceptors (Lipinski definition) is 4. The first-order chi connectivity index (χ1) is 12.2. The van der Waals surface area contributed by atoms with Crippen LogP contribution in [0.3, 0.4) is 0 Å². The first kappa shape index (κ1) is 16.6. The van der Waals surface area contributed by atoms with Gasteiger partial charge in [-0.05, 0) is 69.0 Å². The van der Waals surface area contributed by atoms with Crippen molar-refractivity contribution < 1.29 is 0 Å². The molecular weight excluding hydrogens is 332 g/mol. The standard InChI is InChI=1S/C20H23ClN4/c21-17-3-4-19-18(12-17)16(13-22)11-20(23-19)25-9-5-15(6-10-25)14-24-7-1-2-8-24/h3-4,11-12,15H,1-2,5-10,14H2. The normalized spacial score (nSPS) is 19.4. The van der Waals surface area contributed by atoms with Crippen molar-refractivity contribution in [1.82, 2.24) is 9.88 Å². The molecule has 0 atom stereocenters. The first-order valence-electron chi connectivity index (χ1n) is 9.20. The van der Waals surface area contributed by atoms with Gasteiger partial charge in [0, 0.05) is 30.0 Å². The molecule has 1 aromatic carbocycles. The summed E-state index contributed by atoms with van der Waals surface area (Å²) < 4.78 is 0. The second-order valence-corrected chi connectivity index (χ2v) is 7.68. The number of aromatic nitrogens is 1. The molecule has 2 aliphatic heterocycles. The van der Waals surface area contributed by atoms with Crippen LogP contribution in [0.4, 0.5) is 5.82 Å². The maximum Gasteiger partial charge on any atom is 0.130 e. The largest absolute Gasteiger partial charge is 0.357 e. The monoisotopic (exact) mass is 354 g/mol. The molecule has 0 bridgehead atoms. The predicted molar refractivity (Wildman–Crippen MR) is 102 cm³/mol. The molecule has 2 fully saturated rings. The van der Waals surface area contributed by atoms with E-state index in [1.54, 1.807) is 0 Å². The Balaban J connectivity index is 1.49. The summed E-state index contributed by atoms with van der Waals surface area (Å²) >= 11 is 6.07. The fourth-order valence-electron chi connectivity index (χ4n) is 4.11. The highest BCUT2D eigenvalue weighted by molar-refractivity contribution is 6.31. The molecule has 0 spiro atoms. The van der Waals surface area contributed by atoms with Gasteiger partial charge in [-0.25, -0.2) is 4.98 Å². The summed E-state index contributed by atoms with van der Waals surface area (Å²) in [6.45, 7) is 5.85. The number of pyridine rings is 1. The third-order valence-corrected chi connectivity index (χ3v) is 5.77. The van der Waals surface area contributed by atoms with Gasteiger partial charge in [0.25, 0.3) is 0 Å². The highest BCUT2D eigenvalue weighted by Crippen LogP contribution is 2.28. The molecule has 1 aromatic heterocycles. The van der Waals surface area contributed by atoms with E-state index < -0.39 is 0 Å². The molecule has 2 aromatic rings. The van der Waals surface area contributed by atoms with E-state index in [1.807, 2.05) is 24.3 Å². The number of nitriles is 1. The molecule has 25 heavy (non-hydrogen) atoms. The van der Waals surface area contributed by atoms with Crippen molar-refractivity contribution in [1.29, 1.82) is 5.26 Å². The van der Waals surface area contributed by atoms with Crippen LogP contribution in [0, 0.1) is 17.2 Å². The predicted octanol–water partition coefficient (Wildman–Crippen LogP) is 4.07. The molecule has 0 unspecified atom stereocenters. The van der Waals surface area contributed by atoms with Crippen LogP contribution < -0.4 is 4.90 Å². The molecule has 0 N–H and O–H groups in total. The summed E-state index contributed by atoms with van der Waals surface area (Å²) in [5.74, 6) is 1.72. The molecule has 2 saturated heterocycles. The zero-order valence-corrected chi connectivity index (χ0v) is 15.2. The number of nitrogens with zero attached hydrogens (tertiary/aromatic N) is 4. The number of fused-ring (bicyclic) bond motifs is 1. The van der Waals surface area contributed by atoms with E-state index in [0.717, 1.165) is 35.7 Å². The molecule has 4 rings (SSSR count). The first-order valence-corrected chi connectivity index (χ1v) is 9.58. The maximum atomic E-state index is 9.51. The fraction of sp³-hybridized carbons (Fsp3) is 0.500. The minimum absolute atomic E-state index is 0.640. The van der Waals surface area contributed by atoms with Gasteiger partial charge in [-0.2, -0.15) is 5.26 Å². The molecule has 3 heterocycles. The lowest BCUT2D eigenvalue weighted by Crippen LogP contribution is -2.38. The maximum absolute atomic E-state index is 9.51. The SMILES string of the molecule is N#Cc1cc(N2CCC(CN3CCCC3)CC2)nc2ccc(Cl)cc12. The van der Waals surface area contributed by atoms with Gasteiger partial charge in [0.2, 0.25) is 0 Å². The summed E-state index contributed by atoms with van der Waals surface area (Å²) in [4.78, 5) is 9.73. The van der Waals surface area contributed by atoms with Gasteiger partial charge in [-0.15, -0.1) is 0 Å². The minimum Gasteiger partial charge on any atom is -0.357 e. The van der Waals surface area contributed by atoms with Crippen molar-refractivity contribution in [2.24, 2.45) is 5.92 Å². The van der Waals surface area contributed by atoms with Gasteiger partial charge in [-0.1, -0.05) is 11.6 Å². The number of hydrogen-bond donors (Lipinski definition) is 0. The third kappa shape index (κ3) is 3.58. The highest BCUT2D eigenvalue weighted by Gasteiger charge is 2.24. The van der Waals surface area contributed by atoms with Crippen molar-refractivity contribution in [2.45, 2.75) is 25.7 Å². The number of benzene rings is 1. The smallest absolute Gasteiger partial charge is 0.130 e. The summed E-state index contributed by atoms with van der Waals surface area (Å²) in [5.41, 5.74) is 1.50. The van der Waals surface area contributed by atoms with Crippen molar-refractivity contribution in [3.63, 3.8) is 0 Å². The van der Waals surface area contributed by atoms with E-state index in [9.17, 15) is 5.26 Å². The lowest BCUT2D eigenvalue weighted by molar-refractivity contribution is 0.249. The van der Waals surface area contributed by atoms with Gasteiger partial charge in [0.1, 0.15) is 5.82 Å². The summed E-state index contributed by atoms with van der Waals surface area (Å²) in [6, 6.07) is 9.79. The second kappa shape index (κ2) is 7.19. The van der Waals surface area contributed by atoms with Crippen LogP contribution in [0.1, 0.15) is 31.2 Å². The lowest BCUT2D eigenvalue weighted by atomic mass is 9.96. The minimum atomic E-state index is 0.640. The number of anilines is 1. The highest BCUT2D eigenvalue weighted by atomic mass is 35.5. The van der Waals surface area contributed by atoms with Gasteiger partial charge in [-0.3, -0.25) is 0 Å². The Hall–Kier alpha value is -1.83. The Morgan fingerprint density at radius 3 is 2.60 bits per heavy atom. The van der Waals surface area contributed by atoms with E-state index in [1.165, 1.54) is 45.3 Å². The lowest BCUT2D eigenvalue weighted by Gasteiger charge is -2.34. The Labute approximate surface area is 154 Å². The molecule has 5 heteroatoms. The van der Waals surface area contributed by atoms with Crippen LogP contribution in [-0.4, -0.2) is 42.6 Å². The van der Waals surface area contributed by atoms with Gasteiger partial charge >= 0.3 is 0 Å². The van der Waals surface area contributed by atoms with E-state index >= 15 is 0 Å². The van der Waals surface area contributed by atoms with Crippen LogP contribution in [0.25, 0.3) is 10.9 Å². The van der Waals surface area contributed by atoms with E-state index in [4.69, 9.17) is 16.6 Å². The Bertz CT molecular complexity index is 799. The number of likely N-dealkylation sites (tertiary alicyclic amines) is 1. The summed E-state index contributed by atoms with van der Waals surface area (Å²) in [7, 11) is 0. The summed E-state index contributed by atoms with van der Waals surface area (Å²) in [6.07, 6.45) is 5.14. The van der Waals surface area contributed by atoms with Gasteiger partial charge in [0.05, 0.1) is 17.1 Å². The fourth-order valence-corrected chi connectivity index (χ4v) is 4.29. The van der Waals surface area contributed by atoms with Crippen LogP contribution in [0.15, 0.2) is 24.3 Å². The van der Waals surface area contributed by atoms with E-state index in [2.05, 4.69) is 15.9 Å². The van der Waals surface area contributed by atoms with Crippen molar-refractivity contribution in [3.8, 4) is 6.07 Å². The Kier molecular flexibility index (Phi) is 4.78. The Morgan fingerprint density at radius 2 is 1.88 bits per heavy atom. The molecular formula is C20H23ClN4. The van der Waals surface area contributed by atoms with Gasteiger partial charge in [0.15, 0.2) is 0 Å². The van der Waals surface area contributed by atoms with E-state index in [0.29, 0.717) is 10.6 Å². The van der Waals surface area contributed by atoms with E-state index in [-0.39, 0.29) is 0 Å². The number of halogens is 1. The van der Waals surface area contributed by atoms with Crippen molar-refractivity contribution in [2.75, 3.05) is 37.6 Å². The van der Waals surface area contributed by atoms with Crippen molar-refractivity contribution >= 4 is 28.3 Å². The molecule has 130 valence electrons. The van der Waals surface area contributed by atoms with Crippen LogP contribution in [0.5, 0.6) is 0 Å². The quantitative estimate of drug-likeness (QED) is 0.833. The van der Waals surface area contributed by atoms with Crippen LogP contribution >= 0.6 is 11.6 Å². The third-order valence-electron chi connectivity index (χ3n) is 5.53. The molecule has 0 amide bonds. The van der Waals surface area contributed by atoms with Crippen LogP contribution in [-0.2, 0) is 0 Å². The topological polar surface area (TPSA) is 43.2 Å².